The Kier molecular flexibility index (Phi) is 2.91. The minimum atomic E-state index is 0.179. The number of H-pyrrole nitrogens is 1. The summed E-state index contributed by atoms with van der Waals surface area (Å²) in [4.78, 5) is 7.96. The summed E-state index contributed by atoms with van der Waals surface area (Å²) in [5.41, 5.74) is 7.92. The highest BCUT2D eigenvalue weighted by molar-refractivity contribution is 6.28. The van der Waals surface area contributed by atoms with Crippen molar-refractivity contribution in [3.63, 3.8) is 0 Å². The van der Waals surface area contributed by atoms with Crippen molar-refractivity contribution < 1.29 is 0 Å². The molecule has 2 rings (SSSR count). The summed E-state index contributed by atoms with van der Waals surface area (Å²) in [6.45, 7) is 2.33. The zero-order chi connectivity index (χ0) is 11.5. The molecule has 0 bridgehead atoms. The van der Waals surface area contributed by atoms with Crippen LogP contribution in [0.3, 0.4) is 0 Å². The van der Waals surface area contributed by atoms with Crippen LogP contribution in [0.2, 0.25) is 5.28 Å². The maximum Gasteiger partial charge on any atom is 0.224 e. The van der Waals surface area contributed by atoms with Gasteiger partial charge >= 0.3 is 0 Å². The Morgan fingerprint density at radius 1 is 1.50 bits per heavy atom. The number of rotatable bonds is 3. The number of aromatic nitrogens is 4. The first kappa shape index (κ1) is 10.7. The number of hydrogen-bond acceptors (Lipinski definition) is 5. The van der Waals surface area contributed by atoms with E-state index in [9.17, 15) is 0 Å². The summed E-state index contributed by atoms with van der Waals surface area (Å²) in [6.07, 6.45) is 1.68. The zero-order valence-corrected chi connectivity index (χ0v) is 9.41. The third-order valence-electron chi connectivity index (χ3n) is 2.11. The van der Waals surface area contributed by atoms with E-state index in [1.165, 1.54) is 0 Å². The lowest BCUT2D eigenvalue weighted by molar-refractivity contribution is 0.969. The molecule has 0 spiro atoms. The van der Waals surface area contributed by atoms with Crippen LogP contribution in [0.4, 0.5) is 11.5 Å². The predicted molar refractivity (Wildman–Crippen MR) is 62.1 cm³/mol. The summed E-state index contributed by atoms with van der Waals surface area (Å²) in [5, 5.41) is 9.91. The molecule has 0 aromatic carbocycles. The van der Waals surface area contributed by atoms with E-state index in [0.29, 0.717) is 23.7 Å². The monoisotopic (exact) mass is 238 g/mol. The van der Waals surface area contributed by atoms with Crippen molar-refractivity contribution in [1.82, 2.24) is 20.2 Å². The highest BCUT2D eigenvalue weighted by atomic mass is 35.5. The Bertz CT molecular complexity index is 481. The van der Waals surface area contributed by atoms with Gasteiger partial charge in [0.05, 0.1) is 23.6 Å². The average Bonchev–Trinajstić information content (AvgIpc) is 2.74. The number of hydrogen-bond donors (Lipinski definition) is 3. The van der Waals surface area contributed by atoms with E-state index >= 15 is 0 Å². The van der Waals surface area contributed by atoms with E-state index in [1.807, 2.05) is 6.07 Å². The van der Waals surface area contributed by atoms with Gasteiger partial charge in [0.25, 0.3) is 0 Å². The molecule has 2 aromatic heterocycles. The standard InChI is InChI=1S/C9H11ClN6/c1-5-7(11)8(15-9(10)14-5)12-4-6-2-3-13-16-6/h2-3H,4,11H2,1H3,(H,13,16)(H,12,14,15). The second-order valence-electron chi connectivity index (χ2n) is 3.28. The molecule has 0 radical (unpaired) electrons. The fraction of sp³-hybridized carbons (Fsp3) is 0.222. The van der Waals surface area contributed by atoms with Crippen LogP contribution in [-0.4, -0.2) is 20.2 Å². The maximum atomic E-state index is 5.82. The molecule has 0 aliphatic heterocycles. The van der Waals surface area contributed by atoms with E-state index in [2.05, 4.69) is 25.5 Å². The second-order valence-corrected chi connectivity index (χ2v) is 3.61. The third-order valence-corrected chi connectivity index (χ3v) is 2.28. The van der Waals surface area contributed by atoms with E-state index < -0.39 is 0 Å². The molecule has 0 atom stereocenters. The summed E-state index contributed by atoms with van der Waals surface area (Å²) in [5.74, 6) is 0.534. The Labute approximate surface area is 97.2 Å². The van der Waals surface area contributed by atoms with Crippen LogP contribution < -0.4 is 11.1 Å². The largest absolute Gasteiger partial charge is 0.394 e. The minimum Gasteiger partial charge on any atom is -0.394 e. The van der Waals surface area contributed by atoms with Gasteiger partial charge in [-0.05, 0) is 24.6 Å². The smallest absolute Gasteiger partial charge is 0.224 e. The van der Waals surface area contributed by atoms with Gasteiger partial charge in [0.1, 0.15) is 0 Å². The molecule has 0 aliphatic carbocycles. The molecule has 2 aromatic rings. The lowest BCUT2D eigenvalue weighted by Crippen LogP contribution is -2.07. The molecule has 16 heavy (non-hydrogen) atoms. The number of nitrogens with one attached hydrogen (secondary N) is 2. The van der Waals surface area contributed by atoms with Crippen LogP contribution in [0.1, 0.15) is 11.4 Å². The normalized spacial score (nSPS) is 10.4. The van der Waals surface area contributed by atoms with Crippen LogP contribution in [0.5, 0.6) is 0 Å². The van der Waals surface area contributed by atoms with Crippen molar-refractivity contribution in [3.05, 3.63) is 28.9 Å². The van der Waals surface area contributed by atoms with Crippen molar-refractivity contribution in [2.24, 2.45) is 0 Å². The number of nitrogen functional groups attached to an aromatic ring is 1. The highest BCUT2D eigenvalue weighted by Gasteiger charge is 2.07. The second kappa shape index (κ2) is 4.36. The predicted octanol–water partition coefficient (Wildman–Crippen LogP) is 1.36. The number of aromatic amines is 1. The number of halogens is 1. The highest BCUT2D eigenvalue weighted by Crippen LogP contribution is 2.20. The number of aryl methyl sites for hydroxylation is 1. The number of nitrogens with two attached hydrogens (primary N) is 1. The van der Waals surface area contributed by atoms with Crippen LogP contribution in [-0.2, 0) is 6.54 Å². The van der Waals surface area contributed by atoms with Gasteiger partial charge in [-0.15, -0.1) is 0 Å². The number of anilines is 2. The molecule has 4 N–H and O–H groups in total. The molecule has 0 aliphatic rings. The SMILES string of the molecule is Cc1nc(Cl)nc(NCc2ccn[nH]2)c1N. The van der Waals surface area contributed by atoms with Crippen LogP contribution in [0.25, 0.3) is 0 Å². The van der Waals surface area contributed by atoms with Gasteiger partial charge < -0.3 is 11.1 Å². The van der Waals surface area contributed by atoms with E-state index in [-0.39, 0.29) is 5.28 Å². The molecule has 6 nitrogen and oxygen atoms in total. The summed E-state index contributed by atoms with van der Waals surface area (Å²) >= 11 is 5.74. The molecule has 0 fully saturated rings. The van der Waals surface area contributed by atoms with Gasteiger partial charge in [-0.25, -0.2) is 4.98 Å². The Balaban J connectivity index is 2.15. The van der Waals surface area contributed by atoms with Gasteiger partial charge in [0.15, 0.2) is 5.82 Å². The molecule has 0 unspecified atom stereocenters. The topological polar surface area (TPSA) is 92.5 Å². The minimum absolute atomic E-state index is 0.179. The third kappa shape index (κ3) is 2.22. The summed E-state index contributed by atoms with van der Waals surface area (Å²) < 4.78 is 0. The lowest BCUT2D eigenvalue weighted by atomic mass is 10.3. The first-order valence-electron chi connectivity index (χ1n) is 4.68. The van der Waals surface area contributed by atoms with Crippen molar-refractivity contribution >= 4 is 23.1 Å². The van der Waals surface area contributed by atoms with Crippen LogP contribution in [0.15, 0.2) is 12.3 Å². The quantitative estimate of drug-likeness (QED) is 0.702. The van der Waals surface area contributed by atoms with E-state index in [0.717, 1.165) is 5.69 Å². The first-order valence-corrected chi connectivity index (χ1v) is 5.06. The van der Waals surface area contributed by atoms with Gasteiger partial charge in [-0.1, -0.05) is 0 Å². The summed E-state index contributed by atoms with van der Waals surface area (Å²) in [7, 11) is 0. The summed E-state index contributed by atoms with van der Waals surface area (Å²) in [6, 6.07) is 1.86. The fourth-order valence-electron chi connectivity index (χ4n) is 1.24. The molecular formula is C9H11ClN6. The Hall–Kier alpha value is -1.82. The van der Waals surface area contributed by atoms with Crippen molar-refractivity contribution in [1.29, 1.82) is 0 Å². The van der Waals surface area contributed by atoms with Gasteiger partial charge in [0.2, 0.25) is 5.28 Å². The Morgan fingerprint density at radius 2 is 2.31 bits per heavy atom. The molecular weight excluding hydrogens is 228 g/mol. The molecule has 2 heterocycles. The molecule has 0 amide bonds. The molecule has 84 valence electrons. The first-order chi connectivity index (χ1) is 7.66. The van der Waals surface area contributed by atoms with Crippen LogP contribution >= 0.6 is 11.6 Å². The van der Waals surface area contributed by atoms with Gasteiger partial charge in [-0.2, -0.15) is 10.1 Å². The van der Waals surface area contributed by atoms with Crippen molar-refractivity contribution in [3.8, 4) is 0 Å². The van der Waals surface area contributed by atoms with E-state index in [4.69, 9.17) is 17.3 Å². The Morgan fingerprint density at radius 3 is 3.00 bits per heavy atom. The lowest BCUT2D eigenvalue weighted by Gasteiger charge is -2.08. The molecule has 7 heteroatoms. The van der Waals surface area contributed by atoms with Gasteiger partial charge in [-0.3, -0.25) is 5.10 Å². The van der Waals surface area contributed by atoms with Crippen LogP contribution in [0, 0.1) is 6.92 Å². The number of nitrogens with zero attached hydrogens (tertiary/aromatic N) is 3. The van der Waals surface area contributed by atoms with Crippen molar-refractivity contribution in [2.75, 3.05) is 11.1 Å². The average molecular weight is 239 g/mol. The van der Waals surface area contributed by atoms with E-state index in [1.54, 1.807) is 13.1 Å². The maximum absolute atomic E-state index is 5.82. The fourth-order valence-corrected chi connectivity index (χ4v) is 1.46. The zero-order valence-electron chi connectivity index (χ0n) is 8.66. The molecule has 0 saturated heterocycles. The molecule has 0 saturated carbocycles. The van der Waals surface area contributed by atoms with Crippen molar-refractivity contribution in [2.45, 2.75) is 13.5 Å². The van der Waals surface area contributed by atoms with Gasteiger partial charge in [0, 0.05) is 6.20 Å².